The molecule has 5 nitrogen and oxygen atoms in total. The van der Waals surface area contributed by atoms with Crippen LogP contribution in [0.25, 0.3) is 0 Å². The molecule has 2 heterocycles. The molecule has 2 fully saturated rings. The van der Waals surface area contributed by atoms with Crippen LogP contribution >= 0.6 is 0 Å². The van der Waals surface area contributed by atoms with Crippen LogP contribution in [0.2, 0.25) is 0 Å². The predicted octanol–water partition coefficient (Wildman–Crippen LogP) is 0.224. The summed E-state index contributed by atoms with van der Waals surface area (Å²) in [6.45, 7) is 6.40. The van der Waals surface area contributed by atoms with Gasteiger partial charge in [-0.05, 0) is 46.4 Å². The van der Waals surface area contributed by atoms with Crippen molar-refractivity contribution in [2.45, 2.75) is 31.7 Å². The molecule has 116 valence electrons. The van der Waals surface area contributed by atoms with E-state index in [1.807, 2.05) is 4.90 Å². The molecule has 0 aromatic carbocycles. The lowest BCUT2D eigenvalue weighted by atomic mass is 10.00. The number of rotatable bonds is 5. The Bertz CT molecular complexity index is 304. The van der Waals surface area contributed by atoms with E-state index < -0.39 is 0 Å². The summed E-state index contributed by atoms with van der Waals surface area (Å²) in [7, 11) is 4.30. The highest BCUT2D eigenvalue weighted by Crippen LogP contribution is 2.17. The Labute approximate surface area is 123 Å². The molecule has 0 aliphatic carbocycles. The first-order valence-electron chi connectivity index (χ1n) is 8.04. The molecule has 2 rings (SSSR count). The Morgan fingerprint density at radius 2 is 2.00 bits per heavy atom. The number of nitrogens with one attached hydrogen (secondary N) is 1. The number of hydrogen-bond donors (Lipinski definition) is 1. The second kappa shape index (κ2) is 7.96. The maximum atomic E-state index is 12.2. The number of nitrogens with zero attached hydrogens (tertiary/aromatic N) is 3. The molecule has 0 radical (unpaired) electrons. The molecule has 1 amide bonds. The maximum absolute atomic E-state index is 12.2. The van der Waals surface area contributed by atoms with Crippen LogP contribution in [0.1, 0.15) is 25.7 Å². The molecule has 1 atom stereocenters. The van der Waals surface area contributed by atoms with Crippen molar-refractivity contribution < 1.29 is 4.79 Å². The van der Waals surface area contributed by atoms with Gasteiger partial charge in [0.15, 0.2) is 0 Å². The Hall–Kier alpha value is -0.650. The van der Waals surface area contributed by atoms with E-state index in [9.17, 15) is 4.79 Å². The normalized spacial score (nSPS) is 25.1. The van der Waals surface area contributed by atoms with Gasteiger partial charge in [-0.15, -0.1) is 0 Å². The topological polar surface area (TPSA) is 38.8 Å². The highest BCUT2D eigenvalue weighted by atomic mass is 16.2. The van der Waals surface area contributed by atoms with Crippen LogP contribution in [0.15, 0.2) is 0 Å². The third kappa shape index (κ3) is 4.72. The number of piperidine rings is 1. The third-order valence-electron chi connectivity index (χ3n) is 4.64. The minimum Gasteiger partial charge on any atom is -0.339 e. The quantitative estimate of drug-likeness (QED) is 0.783. The molecule has 1 unspecified atom stereocenters. The smallest absolute Gasteiger partial charge is 0.236 e. The third-order valence-corrected chi connectivity index (χ3v) is 4.64. The SMILES string of the molecule is CN(CCC1CCCCN1C)CC(=O)N1CCNCC1. The monoisotopic (exact) mass is 282 g/mol. The molecule has 0 aromatic rings. The molecule has 20 heavy (non-hydrogen) atoms. The summed E-state index contributed by atoms with van der Waals surface area (Å²) in [5.41, 5.74) is 0. The largest absolute Gasteiger partial charge is 0.339 e. The number of likely N-dealkylation sites (tertiary alicyclic amines) is 1. The zero-order valence-corrected chi connectivity index (χ0v) is 13.1. The van der Waals surface area contributed by atoms with E-state index >= 15 is 0 Å². The van der Waals surface area contributed by atoms with Gasteiger partial charge in [-0.3, -0.25) is 9.69 Å². The summed E-state index contributed by atoms with van der Waals surface area (Å²) < 4.78 is 0. The number of piperazine rings is 1. The van der Waals surface area contributed by atoms with E-state index in [1.54, 1.807) is 0 Å². The lowest BCUT2D eigenvalue weighted by Crippen LogP contribution is -2.49. The fraction of sp³-hybridized carbons (Fsp3) is 0.933. The number of carbonyl (C=O) groups excluding carboxylic acids is 1. The van der Waals surface area contributed by atoms with Crippen LogP contribution in [-0.4, -0.2) is 86.6 Å². The van der Waals surface area contributed by atoms with Crippen molar-refractivity contribution in [3.8, 4) is 0 Å². The van der Waals surface area contributed by atoms with Gasteiger partial charge in [0.1, 0.15) is 0 Å². The second-order valence-corrected chi connectivity index (χ2v) is 6.29. The molecule has 2 saturated heterocycles. The van der Waals surface area contributed by atoms with E-state index in [1.165, 1.54) is 32.2 Å². The fourth-order valence-electron chi connectivity index (χ4n) is 3.20. The van der Waals surface area contributed by atoms with Crippen molar-refractivity contribution in [2.24, 2.45) is 0 Å². The summed E-state index contributed by atoms with van der Waals surface area (Å²) in [6, 6.07) is 0.709. The maximum Gasteiger partial charge on any atom is 0.236 e. The lowest BCUT2D eigenvalue weighted by molar-refractivity contribution is -0.132. The number of carbonyl (C=O) groups is 1. The van der Waals surface area contributed by atoms with Crippen LogP contribution in [0.4, 0.5) is 0 Å². The average molecular weight is 282 g/mol. The summed E-state index contributed by atoms with van der Waals surface area (Å²) >= 11 is 0. The van der Waals surface area contributed by atoms with Gasteiger partial charge in [0.2, 0.25) is 5.91 Å². The molecule has 5 heteroatoms. The van der Waals surface area contributed by atoms with Gasteiger partial charge in [0.05, 0.1) is 6.54 Å². The first-order chi connectivity index (χ1) is 9.66. The van der Waals surface area contributed by atoms with E-state index in [4.69, 9.17) is 0 Å². The van der Waals surface area contributed by atoms with Gasteiger partial charge in [-0.2, -0.15) is 0 Å². The molecule has 0 spiro atoms. The molecular formula is C15H30N4O. The number of hydrogen-bond acceptors (Lipinski definition) is 4. The second-order valence-electron chi connectivity index (χ2n) is 6.29. The van der Waals surface area contributed by atoms with E-state index in [0.29, 0.717) is 12.6 Å². The van der Waals surface area contributed by atoms with Crippen molar-refractivity contribution >= 4 is 5.91 Å². The minimum atomic E-state index is 0.283. The zero-order valence-electron chi connectivity index (χ0n) is 13.1. The Kier molecular flexibility index (Phi) is 6.26. The lowest BCUT2D eigenvalue weighted by Gasteiger charge is -2.34. The Balaban J connectivity index is 1.66. The summed E-state index contributed by atoms with van der Waals surface area (Å²) in [5, 5.41) is 3.28. The molecular weight excluding hydrogens is 252 g/mol. The van der Waals surface area contributed by atoms with Crippen molar-refractivity contribution in [1.82, 2.24) is 20.0 Å². The van der Waals surface area contributed by atoms with Gasteiger partial charge >= 0.3 is 0 Å². The van der Waals surface area contributed by atoms with Crippen LogP contribution in [-0.2, 0) is 4.79 Å². The van der Waals surface area contributed by atoms with Crippen molar-refractivity contribution in [3.05, 3.63) is 0 Å². The highest BCUT2D eigenvalue weighted by Gasteiger charge is 2.21. The number of amides is 1. The van der Waals surface area contributed by atoms with Crippen LogP contribution in [0.5, 0.6) is 0 Å². The standard InChI is InChI=1S/C15H30N4O/c1-17(10-6-14-5-3-4-9-18(14)2)13-15(20)19-11-7-16-8-12-19/h14,16H,3-13H2,1-2H3. The summed E-state index contributed by atoms with van der Waals surface area (Å²) in [4.78, 5) is 18.8. The van der Waals surface area contributed by atoms with Crippen LogP contribution < -0.4 is 5.32 Å². The molecule has 0 bridgehead atoms. The van der Waals surface area contributed by atoms with Gasteiger partial charge in [0, 0.05) is 32.2 Å². The molecule has 1 N–H and O–H groups in total. The van der Waals surface area contributed by atoms with Crippen molar-refractivity contribution in [1.29, 1.82) is 0 Å². The van der Waals surface area contributed by atoms with Crippen LogP contribution in [0, 0.1) is 0 Å². The molecule has 2 aliphatic rings. The zero-order chi connectivity index (χ0) is 14.4. The Morgan fingerprint density at radius 3 is 2.70 bits per heavy atom. The van der Waals surface area contributed by atoms with Gasteiger partial charge < -0.3 is 15.1 Å². The summed E-state index contributed by atoms with van der Waals surface area (Å²) in [5.74, 6) is 0.283. The fourth-order valence-corrected chi connectivity index (χ4v) is 3.20. The van der Waals surface area contributed by atoms with Crippen LogP contribution in [0.3, 0.4) is 0 Å². The minimum absolute atomic E-state index is 0.283. The van der Waals surface area contributed by atoms with Crippen molar-refractivity contribution in [2.75, 3.05) is 59.9 Å². The Morgan fingerprint density at radius 1 is 1.25 bits per heavy atom. The first-order valence-corrected chi connectivity index (χ1v) is 8.04. The molecule has 0 aromatic heterocycles. The summed E-state index contributed by atoms with van der Waals surface area (Å²) in [6.07, 6.45) is 5.20. The van der Waals surface area contributed by atoms with E-state index in [2.05, 4.69) is 29.2 Å². The molecule has 2 aliphatic heterocycles. The van der Waals surface area contributed by atoms with Crippen molar-refractivity contribution in [3.63, 3.8) is 0 Å². The van der Waals surface area contributed by atoms with Gasteiger partial charge in [-0.1, -0.05) is 6.42 Å². The highest BCUT2D eigenvalue weighted by molar-refractivity contribution is 5.78. The van der Waals surface area contributed by atoms with E-state index in [0.717, 1.165) is 32.7 Å². The van der Waals surface area contributed by atoms with Gasteiger partial charge in [-0.25, -0.2) is 0 Å². The average Bonchev–Trinajstić information content (AvgIpc) is 2.47. The van der Waals surface area contributed by atoms with E-state index in [-0.39, 0.29) is 5.91 Å². The molecule has 0 saturated carbocycles. The predicted molar refractivity (Wildman–Crippen MR) is 81.8 cm³/mol. The first kappa shape index (κ1) is 15.7. The number of likely N-dealkylation sites (N-methyl/N-ethyl adjacent to an activating group) is 1. The van der Waals surface area contributed by atoms with Gasteiger partial charge in [0.25, 0.3) is 0 Å².